The Morgan fingerprint density at radius 3 is 2.45 bits per heavy atom. The largest absolute Gasteiger partial charge is 0.493 e. The summed E-state index contributed by atoms with van der Waals surface area (Å²) in [7, 11) is 0. The van der Waals surface area contributed by atoms with Gasteiger partial charge in [-0.25, -0.2) is 0 Å². The molecule has 3 nitrogen and oxygen atoms in total. The van der Waals surface area contributed by atoms with Crippen molar-refractivity contribution in [2.45, 2.75) is 25.6 Å². The Bertz CT molecular complexity index is 822. The summed E-state index contributed by atoms with van der Waals surface area (Å²) in [5, 5.41) is 0.399. The van der Waals surface area contributed by atoms with E-state index in [9.17, 15) is 13.2 Å². The molecular formula is C22H23ClF3NO2. The molecule has 1 aliphatic rings. The Hall–Kier alpha value is -2.18. The van der Waals surface area contributed by atoms with Crippen molar-refractivity contribution in [1.82, 2.24) is 4.90 Å². The van der Waals surface area contributed by atoms with E-state index in [2.05, 4.69) is 17.1 Å². The van der Waals surface area contributed by atoms with Gasteiger partial charge >= 0.3 is 6.18 Å². The highest BCUT2D eigenvalue weighted by Crippen LogP contribution is 2.31. The van der Waals surface area contributed by atoms with E-state index in [-0.39, 0.29) is 6.61 Å². The molecular weight excluding hydrogens is 403 g/mol. The van der Waals surface area contributed by atoms with Gasteiger partial charge in [-0.05, 0) is 42.7 Å². The molecule has 1 heterocycles. The predicted molar refractivity (Wildman–Crippen MR) is 108 cm³/mol. The minimum absolute atomic E-state index is 0.127. The van der Waals surface area contributed by atoms with Crippen LogP contribution < -0.4 is 9.47 Å². The molecule has 0 aliphatic carbocycles. The first-order chi connectivity index (χ1) is 13.9. The molecule has 156 valence electrons. The lowest BCUT2D eigenvalue weighted by molar-refractivity contribution is -0.137. The van der Waals surface area contributed by atoms with E-state index in [1.807, 2.05) is 0 Å². The molecule has 0 saturated heterocycles. The van der Waals surface area contributed by atoms with Crippen molar-refractivity contribution >= 4 is 11.6 Å². The van der Waals surface area contributed by atoms with Crippen LogP contribution in [0.25, 0.3) is 0 Å². The third-order valence-corrected chi connectivity index (χ3v) is 4.90. The van der Waals surface area contributed by atoms with Gasteiger partial charge in [-0.1, -0.05) is 35.9 Å². The summed E-state index contributed by atoms with van der Waals surface area (Å²) in [6.45, 7) is 3.81. The van der Waals surface area contributed by atoms with Gasteiger partial charge in [0.25, 0.3) is 0 Å². The average Bonchev–Trinajstić information content (AvgIpc) is 2.71. The molecule has 0 amide bonds. The number of ether oxygens (including phenoxy) is 2. The lowest BCUT2D eigenvalue weighted by Gasteiger charge is -2.22. The van der Waals surface area contributed by atoms with E-state index in [0.29, 0.717) is 28.7 Å². The van der Waals surface area contributed by atoms with Crippen LogP contribution in [0.4, 0.5) is 13.2 Å². The first-order valence-electron chi connectivity index (χ1n) is 9.50. The van der Waals surface area contributed by atoms with Gasteiger partial charge in [0.05, 0.1) is 17.2 Å². The summed E-state index contributed by atoms with van der Waals surface area (Å²) >= 11 is 6.25. The molecule has 1 aliphatic heterocycles. The van der Waals surface area contributed by atoms with E-state index in [1.54, 1.807) is 18.2 Å². The summed E-state index contributed by atoms with van der Waals surface area (Å²) < 4.78 is 49.2. The second kappa shape index (κ2) is 10.0. The van der Waals surface area contributed by atoms with Gasteiger partial charge in [-0.2, -0.15) is 13.2 Å². The number of halogens is 4. The van der Waals surface area contributed by atoms with Crippen LogP contribution in [0.5, 0.6) is 11.5 Å². The number of nitrogens with zero attached hydrogens (tertiary/aromatic N) is 1. The number of hydrogen-bond donors (Lipinski definition) is 0. The zero-order valence-corrected chi connectivity index (χ0v) is 16.7. The molecule has 29 heavy (non-hydrogen) atoms. The normalized spacial score (nSPS) is 14.8. The van der Waals surface area contributed by atoms with Gasteiger partial charge < -0.3 is 9.47 Å². The Morgan fingerprint density at radius 2 is 1.79 bits per heavy atom. The first kappa shape index (κ1) is 21.5. The molecule has 0 saturated carbocycles. The van der Waals surface area contributed by atoms with Gasteiger partial charge in [0.2, 0.25) is 0 Å². The molecule has 0 spiro atoms. The zero-order chi connectivity index (χ0) is 20.7. The Balaban J connectivity index is 1.44. The summed E-state index contributed by atoms with van der Waals surface area (Å²) in [6, 6.07) is 10.0. The molecule has 7 heteroatoms. The highest BCUT2D eigenvalue weighted by molar-refractivity contribution is 6.32. The zero-order valence-electron chi connectivity index (χ0n) is 15.9. The fourth-order valence-electron chi connectivity index (χ4n) is 3.01. The average molecular weight is 426 g/mol. The molecule has 3 rings (SSSR count). The Labute approximate surface area is 173 Å². The second-order valence-electron chi connectivity index (χ2n) is 6.84. The monoisotopic (exact) mass is 425 g/mol. The maximum atomic E-state index is 12.6. The van der Waals surface area contributed by atoms with Crippen LogP contribution in [0.3, 0.4) is 0 Å². The second-order valence-corrected chi connectivity index (χ2v) is 7.25. The summed E-state index contributed by atoms with van der Waals surface area (Å²) in [6.07, 6.45) is 2.08. The minimum Gasteiger partial charge on any atom is -0.493 e. The lowest BCUT2D eigenvalue weighted by atomic mass is 10.1. The number of benzene rings is 2. The first-order valence-corrected chi connectivity index (χ1v) is 9.88. The molecule has 0 N–H and O–H groups in total. The molecule has 0 aromatic heterocycles. The predicted octanol–water partition coefficient (Wildman–Crippen LogP) is 5.97. The molecule has 0 bridgehead atoms. The molecule has 2 aromatic carbocycles. The summed E-state index contributed by atoms with van der Waals surface area (Å²) in [4.78, 5) is 2.38. The van der Waals surface area contributed by atoms with E-state index >= 15 is 0 Å². The van der Waals surface area contributed by atoms with Gasteiger partial charge in [0.15, 0.2) is 0 Å². The molecule has 0 fully saturated rings. The molecule has 2 aromatic rings. The van der Waals surface area contributed by atoms with Crippen LogP contribution in [0, 0.1) is 0 Å². The van der Waals surface area contributed by atoms with Gasteiger partial charge in [0, 0.05) is 25.7 Å². The number of hydrogen-bond acceptors (Lipinski definition) is 3. The third-order valence-electron chi connectivity index (χ3n) is 4.61. The maximum absolute atomic E-state index is 12.6. The highest BCUT2D eigenvalue weighted by Gasteiger charge is 2.29. The standard InChI is InChI=1S/C22H23ClF3NO2/c23-20-15-19(28-14-4-13-27-11-2-1-3-12-27)9-10-21(20)29-16-17-5-7-18(8-6-17)22(24,25)26/h1-2,5-10,15H,3-4,11-14,16H2. The third kappa shape index (κ3) is 6.68. The lowest BCUT2D eigenvalue weighted by Crippen LogP contribution is -2.29. The van der Waals surface area contributed by atoms with Crippen LogP contribution in [-0.4, -0.2) is 31.1 Å². The van der Waals surface area contributed by atoms with Crippen molar-refractivity contribution in [3.05, 3.63) is 70.8 Å². The molecule has 0 radical (unpaired) electrons. The van der Waals surface area contributed by atoms with Gasteiger partial charge in [0.1, 0.15) is 18.1 Å². The Morgan fingerprint density at radius 1 is 1.00 bits per heavy atom. The Kier molecular flexibility index (Phi) is 7.45. The fraction of sp³-hybridized carbons (Fsp3) is 0.364. The van der Waals surface area contributed by atoms with Gasteiger partial charge in [-0.3, -0.25) is 4.90 Å². The van der Waals surface area contributed by atoms with Crippen LogP contribution in [0.1, 0.15) is 24.0 Å². The quantitative estimate of drug-likeness (QED) is 0.384. The van der Waals surface area contributed by atoms with Crippen molar-refractivity contribution < 1.29 is 22.6 Å². The van der Waals surface area contributed by atoms with Crippen LogP contribution in [-0.2, 0) is 12.8 Å². The van der Waals surface area contributed by atoms with Crippen molar-refractivity contribution in [2.24, 2.45) is 0 Å². The van der Waals surface area contributed by atoms with Gasteiger partial charge in [-0.15, -0.1) is 0 Å². The molecule has 0 unspecified atom stereocenters. The topological polar surface area (TPSA) is 21.7 Å². The summed E-state index contributed by atoms with van der Waals surface area (Å²) in [5.74, 6) is 1.12. The van der Waals surface area contributed by atoms with E-state index < -0.39 is 11.7 Å². The van der Waals surface area contributed by atoms with Crippen LogP contribution >= 0.6 is 11.6 Å². The van der Waals surface area contributed by atoms with Crippen molar-refractivity contribution in [1.29, 1.82) is 0 Å². The minimum atomic E-state index is -4.34. The van der Waals surface area contributed by atoms with Crippen molar-refractivity contribution in [3.8, 4) is 11.5 Å². The summed E-state index contributed by atoms with van der Waals surface area (Å²) in [5.41, 5.74) is -0.0560. The maximum Gasteiger partial charge on any atom is 0.416 e. The van der Waals surface area contributed by atoms with Crippen LogP contribution in [0.15, 0.2) is 54.6 Å². The van der Waals surface area contributed by atoms with E-state index in [0.717, 1.165) is 44.6 Å². The number of alkyl halides is 3. The number of rotatable bonds is 8. The van der Waals surface area contributed by atoms with Crippen molar-refractivity contribution in [3.63, 3.8) is 0 Å². The van der Waals surface area contributed by atoms with E-state index in [1.165, 1.54) is 12.1 Å². The fourth-order valence-corrected chi connectivity index (χ4v) is 3.24. The highest BCUT2D eigenvalue weighted by atomic mass is 35.5. The van der Waals surface area contributed by atoms with Crippen molar-refractivity contribution in [2.75, 3.05) is 26.2 Å². The van der Waals surface area contributed by atoms with E-state index in [4.69, 9.17) is 21.1 Å². The smallest absolute Gasteiger partial charge is 0.416 e. The SMILES string of the molecule is FC(F)(F)c1ccc(COc2ccc(OCCCN3CC=CCC3)cc2Cl)cc1. The molecule has 0 atom stereocenters. The van der Waals surface area contributed by atoms with Crippen LogP contribution in [0.2, 0.25) is 5.02 Å².